The molecular formula is C23H24N4OS. The van der Waals surface area contributed by atoms with Crippen LogP contribution in [0.5, 0.6) is 0 Å². The Bertz CT molecular complexity index is 979. The maximum atomic E-state index is 12.9. The van der Waals surface area contributed by atoms with E-state index in [1.54, 1.807) is 18.1 Å². The molecule has 2 heterocycles. The molecule has 1 unspecified atom stereocenters. The first-order valence-electron chi connectivity index (χ1n) is 9.81. The van der Waals surface area contributed by atoms with E-state index in [1.165, 1.54) is 0 Å². The van der Waals surface area contributed by atoms with E-state index in [-0.39, 0.29) is 11.8 Å². The van der Waals surface area contributed by atoms with Crippen LogP contribution in [0.15, 0.2) is 71.9 Å². The van der Waals surface area contributed by atoms with Crippen LogP contribution in [0, 0.1) is 5.92 Å². The highest BCUT2D eigenvalue weighted by atomic mass is 32.2. The van der Waals surface area contributed by atoms with Crippen LogP contribution in [0.4, 0.5) is 11.5 Å². The zero-order valence-electron chi connectivity index (χ0n) is 16.4. The van der Waals surface area contributed by atoms with E-state index in [9.17, 15) is 4.79 Å². The molecule has 0 saturated carbocycles. The maximum absolute atomic E-state index is 12.9. The van der Waals surface area contributed by atoms with Crippen molar-refractivity contribution in [2.24, 2.45) is 5.92 Å². The molecule has 1 aliphatic rings. The van der Waals surface area contributed by atoms with Crippen molar-refractivity contribution in [2.45, 2.75) is 17.7 Å². The molecule has 29 heavy (non-hydrogen) atoms. The Morgan fingerprint density at radius 1 is 1.10 bits per heavy atom. The van der Waals surface area contributed by atoms with Crippen LogP contribution in [0.2, 0.25) is 0 Å². The summed E-state index contributed by atoms with van der Waals surface area (Å²) in [6, 6.07) is 20.0. The summed E-state index contributed by atoms with van der Waals surface area (Å²) in [4.78, 5) is 25.1. The van der Waals surface area contributed by atoms with E-state index < -0.39 is 0 Å². The number of carbonyl (C=O) groups excluding carboxylic acids is 1. The summed E-state index contributed by atoms with van der Waals surface area (Å²) in [7, 11) is 0. The third kappa shape index (κ3) is 4.59. The van der Waals surface area contributed by atoms with Gasteiger partial charge in [0.05, 0.1) is 17.3 Å². The summed E-state index contributed by atoms with van der Waals surface area (Å²) in [5, 5.41) is 3.12. The monoisotopic (exact) mass is 404 g/mol. The van der Waals surface area contributed by atoms with Crippen LogP contribution in [0.25, 0.3) is 11.3 Å². The normalized spacial score (nSPS) is 16.4. The molecule has 0 spiro atoms. The lowest BCUT2D eigenvalue weighted by Gasteiger charge is -2.33. The fourth-order valence-corrected chi connectivity index (χ4v) is 4.22. The van der Waals surface area contributed by atoms with Gasteiger partial charge < -0.3 is 10.2 Å². The Balaban J connectivity index is 1.48. The zero-order chi connectivity index (χ0) is 20.1. The van der Waals surface area contributed by atoms with Gasteiger partial charge in [-0.15, -0.1) is 11.8 Å². The van der Waals surface area contributed by atoms with Gasteiger partial charge in [-0.1, -0.05) is 42.5 Å². The van der Waals surface area contributed by atoms with Crippen molar-refractivity contribution in [1.82, 2.24) is 9.97 Å². The van der Waals surface area contributed by atoms with Gasteiger partial charge in [-0.25, -0.2) is 9.97 Å². The van der Waals surface area contributed by atoms with Gasteiger partial charge in [-0.3, -0.25) is 4.79 Å². The molecule has 1 atom stereocenters. The average Bonchev–Trinajstić information content (AvgIpc) is 2.80. The quantitative estimate of drug-likeness (QED) is 0.624. The number of nitrogens with one attached hydrogen (secondary N) is 1. The van der Waals surface area contributed by atoms with Crippen LogP contribution in [0.3, 0.4) is 0 Å². The molecule has 1 amide bonds. The highest BCUT2D eigenvalue weighted by Gasteiger charge is 2.27. The number of rotatable bonds is 5. The Morgan fingerprint density at radius 2 is 1.90 bits per heavy atom. The van der Waals surface area contributed by atoms with Crippen molar-refractivity contribution in [3.63, 3.8) is 0 Å². The molecule has 1 aromatic heterocycles. The number of hydrogen-bond donors (Lipinski definition) is 1. The SMILES string of the molecule is CSc1ccccc1NC(=O)C1CCCN(c2cc(-c3ccccc3)ncn2)C1. The molecule has 0 radical (unpaired) electrons. The van der Waals surface area contributed by atoms with Gasteiger partial charge in [-0.05, 0) is 31.2 Å². The fourth-order valence-electron chi connectivity index (χ4n) is 3.67. The number of amides is 1. The van der Waals surface area contributed by atoms with Crippen LogP contribution in [-0.4, -0.2) is 35.2 Å². The molecule has 4 rings (SSSR count). The van der Waals surface area contributed by atoms with Gasteiger partial charge in [0.15, 0.2) is 0 Å². The Hall–Kier alpha value is -2.86. The topological polar surface area (TPSA) is 58.1 Å². The van der Waals surface area contributed by atoms with Gasteiger partial charge in [0.25, 0.3) is 0 Å². The first-order valence-corrected chi connectivity index (χ1v) is 11.0. The summed E-state index contributed by atoms with van der Waals surface area (Å²) >= 11 is 1.64. The van der Waals surface area contributed by atoms with E-state index in [0.717, 1.165) is 47.0 Å². The van der Waals surface area contributed by atoms with Gasteiger partial charge in [0.1, 0.15) is 12.1 Å². The summed E-state index contributed by atoms with van der Waals surface area (Å²) < 4.78 is 0. The Labute approximate surface area is 175 Å². The molecule has 3 aromatic rings. The Kier molecular flexibility index (Phi) is 6.10. The molecule has 1 fully saturated rings. The molecular weight excluding hydrogens is 380 g/mol. The number of para-hydroxylation sites is 1. The number of thioether (sulfide) groups is 1. The lowest BCUT2D eigenvalue weighted by molar-refractivity contribution is -0.120. The number of hydrogen-bond acceptors (Lipinski definition) is 5. The molecule has 6 heteroatoms. The predicted molar refractivity (Wildman–Crippen MR) is 119 cm³/mol. The number of aromatic nitrogens is 2. The summed E-state index contributed by atoms with van der Waals surface area (Å²) in [5.41, 5.74) is 2.85. The van der Waals surface area contributed by atoms with E-state index in [1.807, 2.05) is 66.9 Å². The second-order valence-corrected chi connectivity index (χ2v) is 7.95. The van der Waals surface area contributed by atoms with Crippen molar-refractivity contribution in [3.05, 3.63) is 67.0 Å². The van der Waals surface area contributed by atoms with Crippen molar-refractivity contribution in [1.29, 1.82) is 0 Å². The number of anilines is 2. The minimum absolute atomic E-state index is 0.0613. The number of nitrogens with zero attached hydrogens (tertiary/aromatic N) is 3. The molecule has 0 aliphatic carbocycles. The Morgan fingerprint density at radius 3 is 2.72 bits per heavy atom. The second-order valence-electron chi connectivity index (χ2n) is 7.10. The first-order chi connectivity index (χ1) is 14.2. The molecule has 1 aliphatic heterocycles. The van der Waals surface area contributed by atoms with Crippen LogP contribution in [0.1, 0.15) is 12.8 Å². The van der Waals surface area contributed by atoms with Crippen molar-refractivity contribution in [2.75, 3.05) is 29.6 Å². The van der Waals surface area contributed by atoms with E-state index in [0.29, 0.717) is 6.54 Å². The highest BCUT2D eigenvalue weighted by Crippen LogP contribution is 2.28. The standard InChI is InChI=1S/C23H24N4OS/c1-29-21-12-6-5-11-19(21)26-23(28)18-10-7-13-27(15-18)22-14-20(24-16-25-22)17-8-3-2-4-9-17/h2-6,8-9,11-12,14,16,18H,7,10,13,15H2,1H3,(H,26,28). The first kappa shape index (κ1) is 19.5. The summed E-state index contributed by atoms with van der Waals surface area (Å²) in [5.74, 6) is 0.892. The maximum Gasteiger partial charge on any atom is 0.229 e. The van der Waals surface area contributed by atoms with Crippen LogP contribution in [-0.2, 0) is 4.79 Å². The predicted octanol–water partition coefficient (Wildman–Crippen LogP) is 4.72. The minimum Gasteiger partial charge on any atom is -0.356 e. The third-order valence-electron chi connectivity index (χ3n) is 5.20. The van der Waals surface area contributed by atoms with E-state index in [4.69, 9.17) is 0 Å². The lowest BCUT2D eigenvalue weighted by atomic mass is 9.97. The molecule has 1 N–H and O–H groups in total. The summed E-state index contributed by atoms with van der Waals surface area (Å²) in [6.45, 7) is 1.56. The van der Waals surface area contributed by atoms with Gasteiger partial charge in [0.2, 0.25) is 5.91 Å². The average molecular weight is 405 g/mol. The smallest absolute Gasteiger partial charge is 0.229 e. The second kappa shape index (κ2) is 9.09. The number of piperidine rings is 1. The fraction of sp³-hybridized carbons (Fsp3) is 0.261. The van der Waals surface area contributed by atoms with Crippen LogP contribution >= 0.6 is 11.8 Å². The minimum atomic E-state index is -0.0613. The largest absolute Gasteiger partial charge is 0.356 e. The third-order valence-corrected chi connectivity index (χ3v) is 6.00. The number of benzene rings is 2. The van der Waals surface area contributed by atoms with Gasteiger partial charge in [-0.2, -0.15) is 0 Å². The van der Waals surface area contributed by atoms with Crippen molar-refractivity contribution >= 4 is 29.2 Å². The van der Waals surface area contributed by atoms with Crippen molar-refractivity contribution < 1.29 is 4.79 Å². The summed E-state index contributed by atoms with van der Waals surface area (Å²) in [6.07, 6.45) is 5.48. The molecule has 0 bridgehead atoms. The van der Waals surface area contributed by atoms with Gasteiger partial charge >= 0.3 is 0 Å². The molecule has 5 nitrogen and oxygen atoms in total. The van der Waals surface area contributed by atoms with E-state index >= 15 is 0 Å². The van der Waals surface area contributed by atoms with E-state index in [2.05, 4.69) is 20.2 Å². The molecule has 148 valence electrons. The zero-order valence-corrected chi connectivity index (χ0v) is 17.2. The molecule has 2 aromatic carbocycles. The van der Waals surface area contributed by atoms with Crippen molar-refractivity contribution in [3.8, 4) is 11.3 Å². The van der Waals surface area contributed by atoms with Gasteiger partial charge in [0, 0.05) is 29.6 Å². The molecule has 1 saturated heterocycles. The highest BCUT2D eigenvalue weighted by molar-refractivity contribution is 7.98. The lowest BCUT2D eigenvalue weighted by Crippen LogP contribution is -2.41. The number of carbonyl (C=O) groups is 1. The van der Waals surface area contributed by atoms with Crippen LogP contribution < -0.4 is 10.2 Å².